The number of carbonyl (C=O) groups excluding carboxylic acids is 2. The molecule has 2 unspecified atom stereocenters. The third-order valence-corrected chi connectivity index (χ3v) is 8.95. The number of Topliss-reactive ketones (excluding diaryl/α,β-unsaturated/α-hetero) is 2. The van der Waals surface area contributed by atoms with Crippen molar-refractivity contribution in [2.24, 2.45) is 0 Å². The Morgan fingerprint density at radius 3 is 1.86 bits per heavy atom. The first-order valence-corrected chi connectivity index (χ1v) is 14.8. The average Bonchev–Trinajstić information content (AvgIpc) is 2.97. The summed E-state index contributed by atoms with van der Waals surface area (Å²) in [7, 11) is 1.57. The van der Waals surface area contributed by atoms with E-state index in [2.05, 4.69) is 19.9 Å². The van der Waals surface area contributed by atoms with Gasteiger partial charge in [-0.15, -0.1) is 0 Å². The van der Waals surface area contributed by atoms with Crippen molar-refractivity contribution < 1.29 is 14.3 Å². The van der Waals surface area contributed by atoms with Crippen molar-refractivity contribution in [3.63, 3.8) is 0 Å². The van der Waals surface area contributed by atoms with Gasteiger partial charge in [0.1, 0.15) is 10.3 Å². The second-order valence-electron chi connectivity index (χ2n) is 11.5. The van der Waals surface area contributed by atoms with Crippen LogP contribution in [0.25, 0.3) is 0 Å². The molecule has 222 valence electrons. The number of ether oxygens (including phenoxy) is 1. The first-order chi connectivity index (χ1) is 20.4. The van der Waals surface area contributed by atoms with Gasteiger partial charge in [-0.25, -0.2) is 15.0 Å². The highest BCUT2D eigenvalue weighted by Crippen LogP contribution is 2.40. The summed E-state index contributed by atoms with van der Waals surface area (Å²) in [5.74, 6) is 0.562. The van der Waals surface area contributed by atoms with E-state index >= 15 is 0 Å². The van der Waals surface area contributed by atoms with E-state index in [-0.39, 0.29) is 17.1 Å². The number of H-pyrrole nitrogens is 1. The Labute approximate surface area is 259 Å². The third kappa shape index (κ3) is 5.61. The molecule has 0 saturated carbocycles. The molecular weight excluding hydrogens is 587 g/mol. The van der Waals surface area contributed by atoms with Crippen LogP contribution in [0.4, 0.5) is 0 Å². The standard InChI is InChI=1S/C17H17ClN2O2.C16H15ClN2O2/c1-10-9-13(18)19-11-7-8-17(2,16(21)15(10)11)12-5-4-6-14(20-12)22-3;1-9-8-12(17)18-10-6-7-16(2,15(21)14(9)10)11-4-3-5-13(20)19-11/h4-6,9H,7-8H2,1-3H3;3-5,8H,6-7H2,1-2H3,(H,19,20). The van der Waals surface area contributed by atoms with Crippen LogP contribution >= 0.6 is 23.2 Å². The van der Waals surface area contributed by atoms with Crippen LogP contribution < -0.4 is 10.3 Å². The van der Waals surface area contributed by atoms with Crippen LogP contribution in [0, 0.1) is 13.8 Å². The van der Waals surface area contributed by atoms with E-state index in [4.69, 9.17) is 27.9 Å². The van der Waals surface area contributed by atoms with Gasteiger partial charge in [0.05, 0.1) is 35.0 Å². The molecule has 43 heavy (non-hydrogen) atoms. The number of hydrogen-bond acceptors (Lipinski definition) is 7. The lowest BCUT2D eigenvalue weighted by Crippen LogP contribution is -2.40. The number of hydrogen-bond donors (Lipinski definition) is 1. The van der Waals surface area contributed by atoms with Gasteiger partial charge in [0.15, 0.2) is 11.6 Å². The quantitative estimate of drug-likeness (QED) is 0.266. The molecule has 8 nitrogen and oxygen atoms in total. The lowest BCUT2D eigenvalue weighted by atomic mass is 9.70. The highest BCUT2D eigenvalue weighted by atomic mass is 35.5. The topological polar surface area (TPSA) is 115 Å². The maximum Gasteiger partial charge on any atom is 0.248 e. The summed E-state index contributed by atoms with van der Waals surface area (Å²) in [6, 6.07) is 13.9. The molecule has 2 aliphatic carbocycles. The van der Waals surface area contributed by atoms with Crippen molar-refractivity contribution in [1.29, 1.82) is 0 Å². The van der Waals surface area contributed by atoms with Gasteiger partial charge in [-0.05, 0) is 88.8 Å². The van der Waals surface area contributed by atoms with Gasteiger partial charge < -0.3 is 9.72 Å². The van der Waals surface area contributed by atoms with Gasteiger partial charge in [-0.3, -0.25) is 14.4 Å². The van der Waals surface area contributed by atoms with E-state index < -0.39 is 10.8 Å². The van der Waals surface area contributed by atoms with Gasteiger partial charge in [0.2, 0.25) is 11.4 Å². The minimum absolute atomic E-state index is 0.00716. The SMILES string of the molecule is COc1cccc(C2(C)CCc3nc(Cl)cc(C)c3C2=O)n1.Cc1cc(Cl)nc2c1C(=O)C(C)(c1cccc(=O)[nH]1)CC2. The Hall–Kier alpha value is -3.88. The number of rotatable bonds is 3. The second-order valence-corrected chi connectivity index (χ2v) is 12.3. The summed E-state index contributed by atoms with van der Waals surface area (Å²) < 4.78 is 5.18. The zero-order chi connectivity index (χ0) is 31.1. The Kier molecular flexibility index (Phi) is 8.29. The predicted molar refractivity (Wildman–Crippen MR) is 166 cm³/mol. The normalized spacial score (nSPS) is 20.9. The van der Waals surface area contributed by atoms with Crippen LogP contribution in [0.2, 0.25) is 10.3 Å². The minimum atomic E-state index is -0.728. The molecule has 0 amide bonds. The predicted octanol–water partition coefficient (Wildman–Crippen LogP) is 6.35. The molecule has 2 atom stereocenters. The number of aromatic amines is 1. The smallest absolute Gasteiger partial charge is 0.248 e. The van der Waals surface area contributed by atoms with Crippen LogP contribution in [0.1, 0.15) is 81.3 Å². The number of halogens is 2. The van der Waals surface area contributed by atoms with Crippen LogP contribution in [-0.2, 0) is 23.7 Å². The van der Waals surface area contributed by atoms with E-state index in [0.29, 0.717) is 58.7 Å². The first kappa shape index (κ1) is 30.6. The average molecular weight is 620 g/mol. The summed E-state index contributed by atoms with van der Waals surface area (Å²) in [5, 5.41) is 0.850. The number of ketones is 2. The molecule has 0 aromatic carbocycles. The van der Waals surface area contributed by atoms with Gasteiger partial charge >= 0.3 is 0 Å². The lowest BCUT2D eigenvalue weighted by Gasteiger charge is -2.33. The second kappa shape index (κ2) is 11.7. The Bertz CT molecular complexity index is 1820. The van der Waals surface area contributed by atoms with E-state index in [0.717, 1.165) is 28.2 Å². The van der Waals surface area contributed by atoms with Crippen molar-refractivity contribution >= 4 is 34.8 Å². The molecule has 4 heterocycles. The molecule has 0 bridgehead atoms. The molecule has 0 radical (unpaired) electrons. The van der Waals surface area contributed by atoms with E-state index in [1.807, 2.05) is 39.8 Å². The summed E-state index contributed by atoms with van der Waals surface area (Å²) in [6.45, 7) is 7.57. The number of fused-ring (bicyclic) bond motifs is 2. The molecule has 4 aromatic rings. The summed E-state index contributed by atoms with van der Waals surface area (Å²) >= 11 is 12.0. The number of pyridine rings is 4. The zero-order valence-corrected chi connectivity index (χ0v) is 26.2. The van der Waals surface area contributed by atoms with Crippen LogP contribution in [0.15, 0.2) is 53.3 Å². The third-order valence-electron chi connectivity index (χ3n) is 8.56. The number of aromatic nitrogens is 4. The monoisotopic (exact) mass is 618 g/mol. The summed E-state index contributed by atoms with van der Waals surface area (Å²) in [6.07, 6.45) is 2.63. The molecule has 4 aromatic heterocycles. The molecule has 10 heteroatoms. The first-order valence-electron chi connectivity index (χ1n) is 14.0. The highest BCUT2D eigenvalue weighted by Gasteiger charge is 2.43. The maximum absolute atomic E-state index is 13.1. The number of aryl methyl sites for hydroxylation is 4. The molecule has 2 aliphatic rings. The number of carbonyl (C=O) groups is 2. The van der Waals surface area contributed by atoms with Gasteiger partial charge in [0.25, 0.3) is 0 Å². The van der Waals surface area contributed by atoms with Crippen molar-refractivity contribution in [2.75, 3.05) is 7.11 Å². The van der Waals surface area contributed by atoms with Crippen molar-refractivity contribution in [3.8, 4) is 5.88 Å². The van der Waals surface area contributed by atoms with Gasteiger partial charge in [-0.2, -0.15) is 0 Å². The number of nitrogens with zero attached hydrogens (tertiary/aromatic N) is 3. The van der Waals surface area contributed by atoms with Crippen LogP contribution in [0.3, 0.4) is 0 Å². The fourth-order valence-electron chi connectivity index (χ4n) is 6.00. The van der Waals surface area contributed by atoms with E-state index in [9.17, 15) is 14.4 Å². The molecule has 0 aliphatic heterocycles. The number of nitrogens with one attached hydrogen (secondary N) is 1. The largest absolute Gasteiger partial charge is 0.481 e. The Morgan fingerprint density at radius 2 is 1.30 bits per heavy atom. The summed E-state index contributed by atoms with van der Waals surface area (Å²) in [4.78, 5) is 53.5. The lowest BCUT2D eigenvalue weighted by molar-refractivity contribution is 0.0862. The molecular formula is C33H32Cl2N4O4. The maximum atomic E-state index is 13.1. The van der Waals surface area contributed by atoms with E-state index in [1.165, 1.54) is 6.07 Å². The molecule has 0 saturated heterocycles. The molecule has 0 fully saturated rings. The van der Waals surface area contributed by atoms with Gasteiger partial charge in [0, 0.05) is 29.0 Å². The van der Waals surface area contributed by atoms with E-state index in [1.54, 1.807) is 37.4 Å². The Balaban J connectivity index is 0.000000171. The van der Waals surface area contributed by atoms with Crippen LogP contribution in [0.5, 0.6) is 5.88 Å². The Morgan fingerprint density at radius 1 is 0.767 bits per heavy atom. The molecule has 0 spiro atoms. The highest BCUT2D eigenvalue weighted by molar-refractivity contribution is 6.30. The fraction of sp³-hybridized carbons (Fsp3) is 0.333. The summed E-state index contributed by atoms with van der Waals surface area (Å²) in [5.41, 5.74) is 4.36. The van der Waals surface area contributed by atoms with Crippen molar-refractivity contribution in [3.05, 3.63) is 114 Å². The zero-order valence-electron chi connectivity index (χ0n) is 24.7. The minimum Gasteiger partial charge on any atom is -0.481 e. The van der Waals surface area contributed by atoms with Crippen molar-refractivity contribution in [2.45, 2.75) is 64.2 Å². The number of methoxy groups -OCH3 is 1. The molecule has 1 N–H and O–H groups in total. The van der Waals surface area contributed by atoms with Crippen LogP contribution in [-0.4, -0.2) is 38.6 Å². The van der Waals surface area contributed by atoms with Crippen molar-refractivity contribution in [1.82, 2.24) is 19.9 Å². The van der Waals surface area contributed by atoms with Gasteiger partial charge in [-0.1, -0.05) is 35.3 Å². The fourth-order valence-corrected chi connectivity index (χ4v) is 6.53. The molecule has 6 rings (SSSR count).